The maximum Gasteiger partial charge on any atom is 0.408 e. The molecular formula is C20H29N3O6. The molecule has 9 nitrogen and oxygen atoms in total. The number of amides is 3. The number of carbonyl (C=O) groups is 4. The van der Waals surface area contributed by atoms with Crippen molar-refractivity contribution in [2.75, 3.05) is 0 Å². The molecule has 0 aliphatic rings. The molecule has 2 atom stereocenters. The van der Waals surface area contributed by atoms with Gasteiger partial charge in [0.05, 0.1) is 0 Å². The van der Waals surface area contributed by atoms with Crippen molar-refractivity contribution in [3.63, 3.8) is 0 Å². The molecule has 1 rings (SSSR count). The maximum atomic E-state index is 12.4. The number of ether oxygens (including phenoxy) is 2. The van der Waals surface area contributed by atoms with Crippen LogP contribution in [0.1, 0.15) is 46.1 Å². The molecule has 3 amide bonds. The predicted octanol–water partition coefficient (Wildman–Crippen LogP) is 1.39. The number of hydrogen-bond donors (Lipinski definition) is 3. The van der Waals surface area contributed by atoms with Gasteiger partial charge >= 0.3 is 12.1 Å². The van der Waals surface area contributed by atoms with E-state index < -0.39 is 41.6 Å². The monoisotopic (exact) mass is 407 g/mol. The number of nitrogens with one attached hydrogen (secondary N) is 2. The van der Waals surface area contributed by atoms with Gasteiger partial charge in [-0.15, -0.1) is 0 Å². The van der Waals surface area contributed by atoms with Gasteiger partial charge in [-0.25, -0.2) is 9.59 Å². The molecule has 0 radical (unpaired) electrons. The van der Waals surface area contributed by atoms with Gasteiger partial charge in [0.25, 0.3) is 0 Å². The average Bonchev–Trinajstić information content (AvgIpc) is 2.61. The van der Waals surface area contributed by atoms with E-state index in [-0.39, 0.29) is 19.4 Å². The Balaban J connectivity index is 2.67. The number of carbonyl (C=O) groups excluding carboxylic acids is 4. The molecule has 0 spiro atoms. The van der Waals surface area contributed by atoms with Crippen molar-refractivity contribution in [1.82, 2.24) is 10.6 Å². The lowest BCUT2D eigenvalue weighted by Gasteiger charge is -2.23. The van der Waals surface area contributed by atoms with Gasteiger partial charge in [-0.3, -0.25) is 9.59 Å². The molecule has 9 heteroatoms. The Morgan fingerprint density at radius 2 is 1.69 bits per heavy atom. The first-order chi connectivity index (χ1) is 13.5. The van der Waals surface area contributed by atoms with Crippen molar-refractivity contribution >= 4 is 23.9 Å². The van der Waals surface area contributed by atoms with Crippen LogP contribution in [-0.4, -0.2) is 41.6 Å². The van der Waals surface area contributed by atoms with Gasteiger partial charge in [0, 0.05) is 6.42 Å². The highest BCUT2D eigenvalue weighted by Gasteiger charge is 2.27. The van der Waals surface area contributed by atoms with Crippen molar-refractivity contribution in [2.24, 2.45) is 5.73 Å². The minimum absolute atomic E-state index is 0.0200. The zero-order chi connectivity index (χ0) is 22.0. The summed E-state index contributed by atoms with van der Waals surface area (Å²) in [6, 6.07) is 6.97. The fourth-order valence-corrected chi connectivity index (χ4v) is 2.21. The molecule has 4 N–H and O–H groups in total. The van der Waals surface area contributed by atoms with Gasteiger partial charge in [0.2, 0.25) is 11.8 Å². The lowest BCUT2D eigenvalue weighted by atomic mass is 10.1. The minimum atomic E-state index is -1.08. The van der Waals surface area contributed by atoms with Gasteiger partial charge in [-0.1, -0.05) is 30.3 Å². The molecule has 0 heterocycles. The largest absolute Gasteiger partial charge is 0.459 e. The molecule has 0 aliphatic carbocycles. The summed E-state index contributed by atoms with van der Waals surface area (Å²) < 4.78 is 10.3. The Labute approximate surface area is 170 Å². The van der Waals surface area contributed by atoms with Crippen LogP contribution in [0.25, 0.3) is 0 Å². The quantitative estimate of drug-likeness (QED) is 0.529. The number of primary amides is 1. The smallest absolute Gasteiger partial charge is 0.408 e. The third-order valence-corrected chi connectivity index (χ3v) is 3.63. The highest BCUT2D eigenvalue weighted by Crippen LogP contribution is 2.08. The maximum absolute atomic E-state index is 12.4. The topological polar surface area (TPSA) is 137 Å². The van der Waals surface area contributed by atoms with Gasteiger partial charge in [0.15, 0.2) is 0 Å². The molecule has 0 saturated carbocycles. The summed E-state index contributed by atoms with van der Waals surface area (Å²) in [6.07, 6.45) is -0.895. The summed E-state index contributed by atoms with van der Waals surface area (Å²) in [4.78, 5) is 47.7. The van der Waals surface area contributed by atoms with Crippen LogP contribution in [0.3, 0.4) is 0 Å². The Hall–Kier alpha value is -3.10. The first-order valence-corrected chi connectivity index (χ1v) is 9.26. The number of rotatable bonds is 9. The Kier molecular flexibility index (Phi) is 9.11. The van der Waals surface area contributed by atoms with Gasteiger partial charge in [-0.2, -0.15) is 0 Å². The highest BCUT2D eigenvalue weighted by atomic mass is 16.6. The lowest BCUT2D eigenvalue weighted by Crippen LogP contribution is -2.51. The van der Waals surface area contributed by atoms with Gasteiger partial charge < -0.3 is 25.8 Å². The second kappa shape index (κ2) is 11.0. The van der Waals surface area contributed by atoms with E-state index in [1.54, 1.807) is 45.0 Å². The summed E-state index contributed by atoms with van der Waals surface area (Å²) in [7, 11) is 0. The fourth-order valence-electron chi connectivity index (χ4n) is 2.21. The molecule has 0 fully saturated rings. The number of hydrogen-bond acceptors (Lipinski definition) is 6. The third-order valence-electron chi connectivity index (χ3n) is 3.63. The van der Waals surface area contributed by atoms with Crippen molar-refractivity contribution in [3.8, 4) is 0 Å². The SMILES string of the molecule is C[C@H](NC(=O)OC(C)(C)C)C(=O)N[C@H](CCC(N)=O)C(=O)OCc1ccccc1. The van der Waals surface area contributed by atoms with Crippen molar-refractivity contribution < 1.29 is 28.7 Å². The second-order valence-electron chi connectivity index (χ2n) is 7.53. The van der Waals surface area contributed by atoms with Crippen LogP contribution in [0.4, 0.5) is 4.79 Å². The molecule has 29 heavy (non-hydrogen) atoms. The molecule has 1 aromatic carbocycles. The Morgan fingerprint density at radius 3 is 2.24 bits per heavy atom. The van der Waals surface area contributed by atoms with E-state index in [9.17, 15) is 19.2 Å². The second-order valence-corrected chi connectivity index (χ2v) is 7.53. The van der Waals surface area contributed by atoms with E-state index in [0.717, 1.165) is 5.56 Å². The van der Waals surface area contributed by atoms with Gasteiger partial charge in [0.1, 0.15) is 24.3 Å². The van der Waals surface area contributed by atoms with Crippen molar-refractivity contribution in [3.05, 3.63) is 35.9 Å². The molecule has 160 valence electrons. The van der Waals surface area contributed by atoms with Crippen LogP contribution in [-0.2, 0) is 30.5 Å². The molecule has 0 aliphatic heterocycles. The molecule has 0 bridgehead atoms. The number of nitrogens with two attached hydrogens (primary N) is 1. The normalized spacial score (nSPS) is 13.0. The highest BCUT2D eigenvalue weighted by molar-refractivity contribution is 5.89. The van der Waals surface area contributed by atoms with Gasteiger partial charge in [-0.05, 0) is 39.7 Å². The molecule has 1 aromatic rings. The van der Waals surface area contributed by atoms with Crippen molar-refractivity contribution in [1.29, 1.82) is 0 Å². The standard InChI is InChI=1S/C20H29N3O6/c1-13(22-19(27)29-20(2,3)4)17(25)23-15(10-11-16(21)24)18(26)28-12-14-8-6-5-7-9-14/h5-9,13,15H,10-12H2,1-4H3,(H2,21,24)(H,22,27)(H,23,25)/t13-,15+/m0/s1. The lowest BCUT2D eigenvalue weighted by molar-refractivity contribution is -0.149. The number of benzene rings is 1. The summed E-state index contributed by atoms with van der Waals surface area (Å²) >= 11 is 0. The third kappa shape index (κ3) is 10.1. The van der Waals surface area contributed by atoms with Crippen molar-refractivity contribution in [2.45, 2.75) is 64.8 Å². The molecule has 0 saturated heterocycles. The van der Waals surface area contributed by atoms with Crippen LogP contribution in [0.15, 0.2) is 30.3 Å². The van der Waals surface area contributed by atoms with E-state index in [1.807, 2.05) is 6.07 Å². The first kappa shape index (κ1) is 23.9. The molecule has 0 aromatic heterocycles. The molecular weight excluding hydrogens is 378 g/mol. The van der Waals surface area contributed by atoms with Crippen LogP contribution < -0.4 is 16.4 Å². The summed E-state index contributed by atoms with van der Waals surface area (Å²) in [5, 5.41) is 4.87. The van der Waals surface area contributed by atoms with E-state index in [4.69, 9.17) is 15.2 Å². The van der Waals surface area contributed by atoms with E-state index in [1.165, 1.54) is 6.92 Å². The predicted molar refractivity (Wildman–Crippen MR) is 105 cm³/mol. The van der Waals surface area contributed by atoms with E-state index in [2.05, 4.69) is 10.6 Å². The summed E-state index contributed by atoms with van der Waals surface area (Å²) in [5.74, 6) is -1.94. The fraction of sp³-hybridized carbons (Fsp3) is 0.500. The Bertz CT molecular complexity index is 715. The zero-order valence-corrected chi connectivity index (χ0v) is 17.2. The van der Waals surface area contributed by atoms with Crippen LogP contribution in [0.5, 0.6) is 0 Å². The molecule has 0 unspecified atom stereocenters. The Morgan fingerprint density at radius 1 is 1.07 bits per heavy atom. The van der Waals surface area contributed by atoms with Crippen LogP contribution in [0.2, 0.25) is 0 Å². The number of alkyl carbamates (subject to hydrolysis) is 1. The first-order valence-electron chi connectivity index (χ1n) is 9.26. The van der Waals surface area contributed by atoms with E-state index >= 15 is 0 Å². The van der Waals surface area contributed by atoms with Crippen LogP contribution >= 0.6 is 0 Å². The van der Waals surface area contributed by atoms with E-state index in [0.29, 0.717) is 0 Å². The number of esters is 1. The minimum Gasteiger partial charge on any atom is -0.459 e. The van der Waals surface area contributed by atoms with Crippen LogP contribution in [0, 0.1) is 0 Å². The average molecular weight is 407 g/mol. The summed E-state index contributed by atoms with van der Waals surface area (Å²) in [5.41, 5.74) is 5.21. The summed E-state index contributed by atoms with van der Waals surface area (Å²) in [6.45, 7) is 6.55. The zero-order valence-electron chi connectivity index (χ0n) is 17.2.